The smallest absolute Gasteiger partial charge is 0.237 e. The molecule has 1 atom stereocenters. The van der Waals surface area contributed by atoms with Crippen LogP contribution in [0, 0.1) is 6.92 Å². The van der Waals surface area contributed by atoms with E-state index in [1.807, 2.05) is 0 Å². The van der Waals surface area contributed by atoms with Crippen LogP contribution in [0.5, 0.6) is 0 Å². The van der Waals surface area contributed by atoms with Crippen LogP contribution in [-0.4, -0.2) is 18.5 Å². The van der Waals surface area contributed by atoms with Crippen LogP contribution in [0.1, 0.15) is 23.3 Å². The lowest BCUT2D eigenvalue weighted by Crippen LogP contribution is -2.39. The average Bonchev–Trinajstić information content (AvgIpc) is 2.85. The van der Waals surface area contributed by atoms with Crippen LogP contribution in [0.25, 0.3) is 0 Å². The van der Waals surface area contributed by atoms with Crippen molar-refractivity contribution in [3.05, 3.63) is 21.9 Å². The second-order valence-corrected chi connectivity index (χ2v) is 4.89. The fourth-order valence-electron chi connectivity index (χ4n) is 1.78. The van der Waals surface area contributed by atoms with Crippen molar-refractivity contribution in [3.8, 4) is 0 Å². The lowest BCUT2D eigenvalue weighted by molar-refractivity contribution is -0.122. The highest BCUT2D eigenvalue weighted by Crippen LogP contribution is 2.15. The van der Waals surface area contributed by atoms with Crippen molar-refractivity contribution >= 4 is 17.2 Å². The largest absolute Gasteiger partial charge is 0.350 e. The van der Waals surface area contributed by atoms with E-state index in [0.29, 0.717) is 6.54 Å². The molecule has 0 bridgehead atoms. The van der Waals surface area contributed by atoms with Gasteiger partial charge in [-0.05, 0) is 43.3 Å². The Morgan fingerprint density at radius 3 is 3.20 bits per heavy atom. The zero-order valence-electron chi connectivity index (χ0n) is 8.88. The minimum absolute atomic E-state index is 0.0327. The second-order valence-electron chi connectivity index (χ2n) is 3.89. The molecule has 1 aliphatic rings. The Hall–Kier alpha value is -0.870. The number of nitrogens with one attached hydrogen (secondary N) is 2. The minimum Gasteiger partial charge on any atom is -0.350 e. The molecule has 82 valence electrons. The van der Waals surface area contributed by atoms with Crippen LogP contribution in [0.15, 0.2) is 11.4 Å². The molecule has 3 nitrogen and oxygen atoms in total. The van der Waals surface area contributed by atoms with Gasteiger partial charge < -0.3 is 10.6 Å². The maximum absolute atomic E-state index is 11.7. The maximum Gasteiger partial charge on any atom is 0.237 e. The molecule has 0 spiro atoms. The monoisotopic (exact) mass is 224 g/mol. The lowest BCUT2D eigenvalue weighted by Gasteiger charge is -2.10. The molecular formula is C11H16N2OS. The Bertz CT molecular complexity index is 342. The van der Waals surface area contributed by atoms with Gasteiger partial charge in [0.05, 0.1) is 12.6 Å². The van der Waals surface area contributed by atoms with Crippen LogP contribution in [0.3, 0.4) is 0 Å². The number of carbonyl (C=O) groups is 1. The summed E-state index contributed by atoms with van der Waals surface area (Å²) < 4.78 is 0. The highest BCUT2D eigenvalue weighted by Gasteiger charge is 2.21. The van der Waals surface area contributed by atoms with E-state index in [1.165, 1.54) is 10.4 Å². The molecule has 1 saturated heterocycles. The second kappa shape index (κ2) is 4.77. The van der Waals surface area contributed by atoms with Crippen molar-refractivity contribution in [1.29, 1.82) is 0 Å². The maximum atomic E-state index is 11.7. The molecule has 0 radical (unpaired) electrons. The first kappa shape index (κ1) is 10.6. The first-order chi connectivity index (χ1) is 7.27. The van der Waals surface area contributed by atoms with E-state index in [9.17, 15) is 4.79 Å². The zero-order chi connectivity index (χ0) is 10.7. The van der Waals surface area contributed by atoms with Crippen LogP contribution < -0.4 is 10.6 Å². The zero-order valence-corrected chi connectivity index (χ0v) is 9.69. The lowest BCUT2D eigenvalue weighted by atomic mass is 10.2. The molecule has 2 heterocycles. The predicted molar refractivity (Wildman–Crippen MR) is 61.9 cm³/mol. The van der Waals surface area contributed by atoms with E-state index >= 15 is 0 Å². The van der Waals surface area contributed by atoms with Gasteiger partial charge in [0.2, 0.25) is 5.91 Å². The van der Waals surface area contributed by atoms with E-state index in [4.69, 9.17) is 0 Å². The van der Waals surface area contributed by atoms with Gasteiger partial charge >= 0.3 is 0 Å². The summed E-state index contributed by atoms with van der Waals surface area (Å²) in [5.74, 6) is 0.139. The SMILES string of the molecule is Cc1ccsc1CNC(=O)[C@H]1CCCN1. The molecule has 2 N–H and O–H groups in total. The summed E-state index contributed by atoms with van der Waals surface area (Å²) >= 11 is 1.70. The number of carbonyl (C=O) groups excluding carboxylic acids is 1. The molecule has 0 unspecified atom stereocenters. The van der Waals surface area contributed by atoms with Gasteiger partial charge in [-0.25, -0.2) is 0 Å². The van der Waals surface area contributed by atoms with Gasteiger partial charge in [-0.15, -0.1) is 11.3 Å². The molecule has 1 amide bonds. The Balaban J connectivity index is 1.83. The molecule has 0 aromatic carbocycles. The van der Waals surface area contributed by atoms with E-state index in [1.54, 1.807) is 11.3 Å². The number of hydrogen-bond donors (Lipinski definition) is 2. The summed E-state index contributed by atoms with van der Waals surface area (Å²) in [5.41, 5.74) is 1.26. The Morgan fingerprint density at radius 1 is 1.73 bits per heavy atom. The summed E-state index contributed by atoms with van der Waals surface area (Å²) in [6.07, 6.45) is 2.07. The van der Waals surface area contributed by atoms with Gasteiger partial charge in [-0.3, -0.25) is 4.79 Å². The molecule has 1 aliphatic heterocycles. The molecule has 2 rings (SSSR count). The van der Waals surface area contributed by atoms with Crippen LogP contribution in [0.4, 0.5) is 0 Å². The topological polar surface area (TPSA) is 41.1 Å². The number of rotatable bonds is 3. The summed E-state index contributed by atoms with van der Waals surface area (Å²) in [5, 5.41) is 8.23. The highest BCUT2D eigenvalue weighted by atomic mass is 32.1. The standard InChI is InChI=1S/C11H16N2OS/c1-8-4-6-15-10(8)7-13-11(14)9-3-2-5-12-9/h4,6,9,12H,2-3,5,7H2,1H3,(H,13,14)/t9-/m1/s1. The van der Waals surface area contributed by atoms with Gasteiger partial charge in [-0.2, -0.15) is 0 Å². The van der Waals surface area contributed by atoms with Crippen LogP contribution >= 0.6 is 11.3 Å². The highest BCUT2D eigenvalue weighted by molar-refractivity contribution is 7.10. The van der Waals surface area contributed by atoms with Crippen LogP contribution in [-0.2, 0) is 11.3 Å². The number of hydrogen-bond acceptors (Lipinski definition) is 3. The molecule has 0 aliphatic carbocycles. The molecular weight excluding hydrogens is 208 g/mol. The molecule has 1 aromatic rings. The molecule has 1 aromatic heterocycles. The average molecular weight is 224 g/mol. The third kappa shape index (κ3) is 2.58. The van der Waals surface area contributed by atoms with E-state index in [-0.39, 0.29) is 11.9 Å². The first-order valence-electron chi connectivity index (χ1n) is 5.31. The van der Waals surface area contributed by atoms with Crippen molar-refractivity contribution in [1.82, 2.24) is 10.6 Å². The quantitative estimate of drug-likeness (QED) is 0.815. The fourth-order valence-corrected chi connectivity index (χ4v) is 2.63. The van der Waals surface area contributed by atoms with Crippen molar-refractivity contribution in [2.75, 3.05) is 6.54 Å². The molecule has 1 fully saturated rings. The van der Waals surface area contributed by atoms with E-state index in [2.05, 4.69) is 29.0 Å². The van der Waals surface area contributed by atoms with Gasteiger partial charge in [0.25, 0.3) is 0 Å². The van der Waals surface area contributed by atoms with Gasteiger partial charge in [0.1, 0.15) is 0 Å². The predicted octanol–water partition coefficient (Wildman–Crippen LogP) is 1.42. The number of thiophene rings is 1. The summed E-state index contributed by atoms with van der Waals surface area (Å²) in [7, 11) is 0. The van der Waals surface area contributed by atoms with Crippen LogP contribution in [0.2, 0.25) is 0 Å². The fraction of sp³-hybridized carbons (Fsp3) is 0.545. The van der Waals surface area contributed by atoms with Gasteiger partial charge in [0, 0.05) is 4.88 Å². The Morgan fingerprint density at radius 2 is 2.60 bits per heavy atom. The van der Waals surface area contributed by atoms with Gasteiger partial charge in [-0.1, -0.05) is 0 Å². The van der Waals surface area contributed by atoms with E-state index in [0.717, 1.165) is 19.4 Å². The summed E-state index contributed by atoms with van der Waals surface area (Å²) in [6, 6.07) is 2.12. The molecule has 4 heteroatoms. The van der Waals surface area contributed by atoms with E-state index < -0.39 is 0 Å². The summed E-state index contributed by atoms with van der Waals surface area (Å²) in [6.45, 7) is 3.71. The Kier molecular flexibility index (Phi) is 3.38. The Labute approximate surface area is 93.9 Å². The molecule has 15 heavy (non-hydrogen) atoms. The van der Waals surface area contributed by atoms with Crippen molar-refractivity contribution in [3.63, 3.8) is 0 Å². The van der Waals surface area contributed by atoms with Gasteiger partial charge in [0.15, 0.2) is 0 Å². The summed E-state index contributed by atoms with van der Waals surface area (Å²) in [4.78, 5) is 12.9. The number of amides is 1. The third-order valence-corrected chi connectivity index (χ3v) is 3.79. The van der Waals surface area contributed by atoms with Crippen molar-refractivity contribution in [2.45, 2.75) is 32.4 Å². The first-order valence-corrected chi connectivity index (χ1v) is 6.19. The molecule has 0 saturated carbocycles. The normalized spacial score (nSPS) is 20.5. The third-order valence-electron chi connectivity index (χ3n) is 2.77. The minimum atomic E-state index is 0.0327. The number of aryl methyl sites for hydroxylation is 1. The van der Waals surface area contributed by atoms with Crippen molar-refractivity contribution in [2.24, 2.45) is 0 Å². The van der Waals surface area contributed by atoms with Crippen molar-refractivity contribution < 1.29 is 4.79 Å².